The van der Waals surface area contributed by atoms with Crippen LogP contribution in [0.5, 0.6) is 0 Å². The minimum absolute atomic E-state index is 0.219. The van der Waals surface area contributed by atoms with Crippen LogP contribution in [0.25, 0.3) is 11.3 Å². The molecule has 0 saturated heterocycles. The van der Waals surface area contributed by atoms with E-state index in [2.05, 4.69) is 25.0 Å². The first-order chi connectivity index (χ1) is 14.5. The summed E-state index contributed by atoms with van der Waals surface area (Å²) in [6, 6.07) is 19.2. The molecule has 0 aliphatic rings. The number of benzene rings is 2. The Morgan fingerprint density at radius 2 is 1.43 bits per heavy atom. The molecule has 8 heteroatoms. The number of hydrogen-bond acceptors (Lipinski definition) is 6. The molecule has 0 amide bonds. The molecule has 0 aliphatic heterocycles. The molecular weight excluding hydrogens is 398 g/mol. The minimum atomic E-state index is -3.64. The molecule has 2 heterocycles. The smallest absolute Gasteiger partial charge is 0.261 e. The van der Waals surface area contributed by atoms with Crippen LogP contribution in [0.4, 0.5) is 17.3 Å². The normalized spacial score (nSPS) is 11.1. The van der Waals surface area contributed by atoms with Gasteiger partial charge in [0.05, 0.1) is 10.6 Å². The van der Waals surface area contributed by atoms with E-state index >= 15 is 0 Å². The molecule has 0 atom stereocenters. The number of nitrogens with zero attached hydrogens (tertiary/aromatic N) is 3. The van der Waals surface area contributed by atoms with Crippen molar-refractivity contribution in [2.45, 2.75) is 11.8 Å². The van der Waals surface area contributed by atoms with E-state index < -0.39 is 10.0 Å². The zero-order valence-electron chi connectivity index (χ0n) is 16.1. The average molecular weight is 417 g/mol. The Kier molecular flexibility index (Phi) is 5.40. The van der Waals surface area contributed by atoms with E-state index in [0.717, 1.165) is 22.5 Å². The van der Waals surface area contributed by atoms with Gasteiger partial charge in [-0.15, -0.1) is 0 Å². The van der Waals surface area contributed by atoms with E-state index in [1.54, 1.807) is 67.1 Å². The summed E-state index contributed by atoms with van der Waals surface area (Å²) >= 11 is 0. The van der Waals surface area contributed by atoms with Gasteiger partial charge in [-0.05, 0) is 61.5 Å². The molecule has 0 saturated carbocycles. The van der Waals surface area contributed by atoms with Crippen molar-refractivity contribution in [3.05, 3.63) is 90.9 Å². The van der Waals surface area contributed by atoms with Crippen molar-refractivity contribution < 1.29 is 8.42 Å². The van der Waals surface area contributed by atoms with E-state index in [9.17, 15) is 8.42 Å². The summed E-state index contributed by atoms with van der Waals surface area (Å²) in [5, 5.41) is 3.13. The molecule has 0 bridgehead atoms. The van der Waals surface area contributed by atoms with Gasteiger partial charge in [0.1, 0.15) is 0 Å². The van der Waals surface area contributed by atoms with E-state index in [4.69, 9.17) is 0 Å². The van der Waals surface area contributed by atoms with E-state index in [1.807, 2.05) is 25.1 Å². The Morgan fingerprint density at radius 1 is 0.767 bits per heavy atom. The first-order valence-electron chi connectivity index (χ1n) is 9.20. The van der Waals surface area contributed by atoms with Gasteiger partial charge in [0.2, 0.25) is 5.95 Å². The molecular formula is C22H19N5O2S. The number of rotatable bonds is 6. The number of hydrogen-bond donors (Lipinski definition) is 2. The van der Waals surface area contributed by atoms with Gasteiger partial charge in [-0.25, -0.2) is 18.4 Å². The quantitative estimate of drug-likeness (QED) is 0.483. The van der Waals surface area contributed by atoms with Crippen LogP contribution >= 0.6 is 0 Å². The highest BCUT2D eigenvalue weighted by Crippen LogP contribution is 2.22. The SMILES string of the molecule is Cc1ccc(S(=O)(=O)Nc2ccc(Nc3nccc(-c4ccncc4)n3)cc2)cc1. The van der Waals surface area contributed by atoms with Gasteiger partial charge in [-0.3, -0.25) is 9.71 Å². The van der Waals surface area contributed by atoms with Crippen molar-refractivity contribution in [1.29, 1.82) is 0 Å². The van der Waals surface area contributed by atoms with E-state index in [-0.39, 0.29) is 4.90 Å². The summed E-state index contributed by atoms with van der Waals surface area (Å²) in [4.78, 5) is 13.0. The third-order valence-electron chi connectivity index (χ3n) is 4.36. The molecule has 2 aromatic carbocycles. The lowest BCUT2D eigenvalue weighted by molar-refractivity contribution is 0.601. The maximum atomic E-state index is 12.5. The summed E-state index contributed by atoms with van der Waals surface area (Å²) in [5.41, 5.74) is 3.92. The lowest BCUT2D eigenvalue weighted by Crippen LogP contribution is -2.12. The van der Waals surface area contributed by atoms with Crippen LogP contribution in [0.2, 0.25) is 0 Å². The summed E-state index contributed by atoms with van der Waals surface area (Å²) in [7, 11) is -3.64. The van der Waals surface area contributed by atoms with Crippen LogP contribution < -0.4 is 10.0 Å². The number of aromatic nitrogens is 3. The van der Waals surface area contributed by atoms with Gasteiger partial charge in [0.15, 0.2) is 0 Å². The first kappa shape index (κ1) is 19.5. The highest BCUT2D eigenvalue weighted by Gasteiger charge is 2.13. The summed E-state index contributed by atoms with van der Waals surface area (Å²) in [5.74, 6) is 0.442. The summed E-state index contributed by atoms with van der Waals surface area (Å²) in [6.07, 6.45) is 5.09. The monoisotopic (exact) mass is 417 g/mol. The molecule has 2 N–H and O–H groups in total. The number of nitrogens with one attached hydrogen (secondary N) is 2. The maximum Gasteiger partial charge on any atom is 0.261 e. The minimum Gasteiger partial charge on any atom is -0.324 e. The van der Waals surface area contributed by atoms with Gasteiger partial charge in [0, 0.05) is 35.5 Å². The van der Waals surface area contributed by atoms with Gasteiger partial charge < -0.3 is 5.32 Å². The number of sulfonamides is 1. The van der Waals surface area contributed by atoms with Gasteiger partial charge in [0.25, 0.3) is 10.0 Å². The molecule has 150 valence electrons. The summed E-state index contributed by atoms with van der Waals surface area (Å²) < 4.78 is 27.6. The van der Waals surface area contributed by atoms with E-state index in [0.29, 0.717) is 11.6 Å². The third-order valence-corrected chi connectivity index (χ3v) is 5.75. The lowest BCUT2D eigenvalue weighted by Gasteiger charge is -2.10. The number of pyridine rings is 1. The molecule has 30 heavy (non-hydrogen) atoms. The van der Waals surface area contributed by atoms with Crippen molar-refractivity contribution in [3.8, 4) is 11.3 Å². The fourth-order valence-electron chi connectivity index (χ4n) is 2.78. The second-order valence-electron chi connectivity index (χ2n) is 6.62. The average Bonchev–Trinajstić information content (AvgIpc) is 2.76. The molecule has 4 rings (SSSR count). The van der Waals surface area contributed by atoms with Gasteiger partial charge in [-0.1, -0.05) is 17.7 Å². The Hall–Kier alpha value is -3.78. The Balaban J connectivity index is 1.47. The van der Waals surface area contributed by atoms with Crippen LogP contribution in [-0.4, -0.2) is 23.4 Å². The molecule has 0 fully saturated rings. The molecule has 0 aliphatic carbocycles. The van der Waals surface area contributed by atoms with Crippen molar-refractivity contribution in [2.75, 3.05) is 10.0 Å². The number of aryl methyl sites for hydroxylation is 1. The molecule has 4 aromatic rings. The van der Waals surface area contributed by atoms with Crippen molar-refractivity contribution in [3.63, 3.8) is 0 Å². The van der Waals surface area contributed by atoms with Crippen LogP contribution in [0.15, 0.2) is 90.2 Å². The second-order valence-corrected chi connectivity index (χ2v) is 8.30. The second kappa shape index (κ2) is 8.30. The largest absolute Gasteiger partial charge is 0.324 e. The van der Waals surface area contributed by atoms with Crippen molar-refractivity contribution in [2.24, 2.45) is 0 Å². The zero-order chi connectivity index (χ0) is 21.0. The highest BCUT2D eigenvalue weighted by molar-refractivity contribution is 7.92. The van der Waals surface area contributed by atoms with Crippen LogP contribution in [-0.2, 0) is 10.0 Å². The fourth-order valence-corrected chi connectivity index (χ4v) is 3.84. The fraction of sp³-hybridized carbons (Fsp3) is 0.0455. The lowest BCUT2D eigenvalue weighted by atomic mass is 10.2. The molecule has 0 unspecified atom stereocenters. The van der Waals surface area contributed by atoms with Crippen LogP contribution in [0.1, 0.15) is 5.56 Å². The molecule has 0 spiro atoms. The first-order valence-corrected chi connectivity index (χ1v) is 10.7. The summed E-state index contributed by atoms with van der Waals surface area (Å²) in [6.45, 7) is 1.91. The molecule has 2 aromatic heterocycles. The van der Waals surface area contributed by atoms with Gasteiger partial charge in [-0.2, -0.15) is 0 Å². The van der Waals surface area contributed by atoms with E-state index in [1.165, 1.54) is 0 Å². The number of anilines is 3. The topological polar surface area (TPSA) is 96.9 Å². The van der Waals surface area contributed by atoms with Crippen LogP contribution in [0.3, 0.4) is 0 Å². The third kappa shape index (κ3) is 4.61. The molecule has 0 radical (unpaired) electrons. The predicted molar refractivity (Wildman–Crippen MR) is 117 cm³/mol. The van der Waals surface area contributed by atoms with Gasteiger partial charge >= 0.3 is 0 Å². The standard InChI is InChI=1S/C22H19N5O2S/c1-16-2-8-20(9-3-16)30(28,29)27-19-6-4-18(5-7-19)25-22-24-15-12-21(26-22)17-10-13-23-14-11-17/h2-15,27H,1H3,(H,24,25,26). The molecule has 7 nitrogen and oxygen atoms in total. The van der Waals surface area contributed by atoms with Crippen molar-refractivity contribution >= 4 is 27.3 Å². The Bertz CT molecular complexity index is 1240. The predicted octanol–water partition coefficient (Wildman–Crippen LogP) is 4.39. The van der Waals surface area contributed by atoms with Crippen molar-refractivity contribution in [1.82, 2.24) is 15.0 Å². The maximum absolute atomic E-state index is 12.5. The van der Waals surface area contributed by atoms with Crippen LogP contribution in [0, 0.1) is 6.92 Å². The Morgan fingerprint density at radius 3 is 2.13 bits per heavy atom. The Labute approximate surface area is 174 Å². The highest BCUT2D eigenvalue weighted by atomic mass is 32.2. The zero-order valence-corrected chi connectivity index (χ0v) is 17.0.